The van der Waals surface area contributed by atoms with Gasteiger partial charge in [-0.25, -0.2) is 4.98 Å². The Kier molecular flexibility index (Phi) is 6.31. The van der Waals surface area contributed by atoms with Gasteiger partial charge in [-0.2, -0.15) is 0 Å². The van der Waals surface area contributed by atoms with Crippen molar-refractivity contribution < 1.29 is 9.47 Å². The van der Waals surface area contributed by atoms with Gasteiger partial charge in [-0.05, 0) is 49.2 Å². The summed E-state index contributed by atoms with van der Waals surface area (Å²) in [4.78, 5) is 19.4. The molecular weight excluding hydrogens is 354 g/mol. The summed E-state index contributed by atoms with van der Waals surface area (Å²) in [7, 11) is 3.27. The summed E-state index contributed by atoms with van der Waals surface area (Å²) in [5.41, 5.74) is 3.56. The number of aryl methyl sites for hydroxylation is 1. The Morgan fingerprint density at radius 1 is 1.04 bits per heavy atom. The minimum absolute atomic E-state index is 0.0498. The van der Waals surface area contributed by atoms with Gasteiger partial charge in [-0.15, -0.1) is 0 Å². The summed E-state index contributed by atoms with van der Waals surface area (Å²) in [5.74, 6) is 1.43. The first-order valence-corrected chi connectivity index (χ1v) is 9.46. The molecule has 2 aromatic heterocycles. The van der Waals surface area contributed by atoms with Crippen LogP contribution < -0.4 is 15.0 Å². The van der Waals surface area contributed by atoms with Crippen LogP contribution in [0.5, 0.6) is 11.5 Å². The van der Waals surface area contributed by atoms with Gasteiger partial charge < -0.3 is 9.47 Å². The van der Waals surface area contributed by atoms with E-state index in [1.165, 1.54) is 0 Å². The van der Waals surface area contributed by atoms with Crippen molar-refractivity contribution in [1.29, 1.82) is 0 Å². The summed E-state index contributed by atoms with van der Waals surface area (Å²) >= 11 is 0. The maximum atomic E-state index is 12.5. The molecule has 1 aromatic carbocycles. The van der Waals surface area contributed by atoms with Crippen molar-refractivity contribution in [3.8, 4) is 11.5 Å². The van der Waals surface area contributed by atoms with Crippen LogP contribution in [-0.4, -0.2) is 35.0 Å². The van der Waals surface area contributed by atoms with E-state index in [1.54, 1.807) is 24.7 Å². The van der Waals surface area contributed by atoms with Crippen molar-refractivity contribution in [3.63, 3.8) is 0 Å². The van der Waals surface area contributed by atoms with Gasteiger partial charge in [0.25, 0.3) is 5.56 Å². The van der Waals surface area contributed by atoms with Crippen molar-refractivity contribution in [2.75, 3.05) is 20.8 Å². The van der Waals surface area contributed by atoms with Crippen LogP contribution in [0.15, 0.2) is 47.4 Å². The molecule has 3 rings (SSSR count). The van der Waals surface area contributed by atoms with Crippen LogP contribution in [-0.2, 0) is 13.1 Å². The van der Waals surface area contributed by atoms with Crippen molar-refractivity contribution in [2.24, 2.45) is 0 Å². The van der Waals surface area contributed by atoms with Gasteiger partial charge >= 0.3 is 0 Å². The third-order valence-corrected chi connectivity index (χ3v) is 4.64. The zero-order valence-electron chi connectivity index (χ0n) is 16.9. The van der Waals surface area contributed by atoms with Crippen molar-refractivity contribution >= 4 is 5.65 Å². The lowest BCUT2D eigenvalue weighted by atomic mass is 10.1. The zero-order valence-corrected chi connectivity index (χ0v) is 16.9. The highest BCUT2D eigenvalue weighted by Gasteiger charge is 2.12. The van der Waals surface area contributed by atoms with E-state index in [9.17, 15) is 4.79 Å². The maximum absolute atomic E-state index is 12.5. The molecule has 0 unspecified atom stereocenters. The monoisotopic (exact) mass is 381 g/mol. The first-order valence-electron chi connectivity index (χ1n) is 9.46. The van der Waals surface area contributed by atoms with Gasteiger partial charge in [-0.3, -0.25) is 14.1 Å². The molecule has 6 heteroatoms. The Labute approximate surface area is 165 Å². The molecule has 3 aromatic rings. The molecule has 0 spiro atoms. The van der Waals surface area contributed by atoms with Gasteiger partial charge in [0.1, 0.15) is 5.65 Å². The Bertz CT molecular complexity index is 1010. The lowest BCUT2D eigenvalue weighted by Crippen LogP contribution is -2.26. The van der Waals surface area contributed by atoms with E-state index in [0.29, 0.717) is 23.7 Å². The van der Waals surface area contributed by atoms with E-state index < -0.39 is 0 Å². The number of benzene rings is 1. The number of fused-ring (bicyclic) bond motifs is 1. The molecular formula is C22H27N3O3. The second-order valence-electron chi connectivity index (χ2n) is 6.92. The van der Waals surface area contributed by atoms with Gasteiger partial charge in [0.2, 0.25) is 0 Å². The first-order chi connectivity index (χ1) is 13.5. The predicted molar refractivity (Wildman–Crippen MR) is 110 cm³/mol. The first kappa shape index (κ1) is 19.9. The number of aromatic nitrogens is 2. The Morgan fingerprint density at radius 3 is 2.54 bits per heavy atom. The number of ether oxygens (including phenoxy) is 2. The fourth-order valence-electron chi connectivity index (χ4n) is 3.34. The molecule has 0 saturated carbocycles. The Morgan fingerprint density at radius 2 is 1.82 bits per heavy atom. The van der Waals surface area contributed by atoms with E-state index in [0.717, 1.165) is 36.3 Å². The zero-order chi connectivity index (χ0) is 20.1. The van der Waals surface area contributed by atoms with Crippen molar-refractivity contribution in [2.45, 2.75) is 33.4 Å². The summed E-state index contributed by atoms with van der Waals surface area (Å²) in [5, 5.41) is 0. The second kappa shape index (κ2) is 8.89. The molecule has 0 amide bonds. The molecule has 0 N–H and O–H groups in total. The van der Waals surface area contributed by atoms with Crippen molar-refractivity contribution in [3.05, 3.63) is 69.8 Å². The van der Waals surface area contributed by atoms with Crippen LogP contribution in [0.25, 0.3) is 5.65 Å². The summed E-state index contributed by atoms with van der Waals surface area (Å²) in [6.07, 6.45) is 2.83. The third-order valence-electron chi connectivity index (χ3n) is 4.64. The van der Waals surface area contributed by atoms with Crippen LogP contribution in [0.1, 0.15) is 30.2 Å². The van der Waals surface area contributed by atoms with E-state index >= 15 is 0 Å². The normalized spacial score (nSPS) is 11.2. The molecule has 0 saturated heterocycles. The van der Waals surface area contributed by atoms with Gasteiger partial charge in [0.15, 0.2) is 11.5 Å². The number of pyridine rings is 1. The molecule has 0 bridgehead atoms. The summed E-state index contributed by atoms with van der Waals surface area (Å²) in [6, 6.07) is 11.4. The van der Waals surface area contributed by atoms with Crippen LogP contribution in [0.3, 0.4) is 0 Å². The highest BCUT2D eigenvalue weighted by Crippen LogP contribution is 2.28. The molecule has 148 valence electrons. The van der Waals surface area contributed by atoms with Crippen LogP contribution in [0.4, 0.5) is 0 Å². The fraction of sp³-hybridized carbons (Fsp3) is 0.364. The molecule has 0 atom stereocenters. The number of hydrogen-bond acceptors (Lipinski definition) is 5. The fourth-order valence-corrected chi connectivity index (χ4v) is 3.34. The third kappa shape index (κ3) is 4.51. The average molecular weight is 381 g/mol. The number of nitrogens with zero attached hydrogens (tertiary/aromatic N) is 3. The Balaban J connectivity index is 1.84. The highest BCUT2D eigenvalue weighted by atomic mass is 16.5. The van der Waals surface area contributed by atoms with E-state index in [4.69, 9.17) is 9.47 Å². The minimum Gasteiger partial charge on any atom is -0.493 e. The van der Waals surface area contributed by atoms with Gasteiger partial charge in [-0.1, -0.05) is 19.1 Å². The maximum Gasteiger partial charge on any atom is 0.258 e. The van der Waals surface area contributed by atoms with Crippen molar-refractivity contribution in [1.82, 2.24) is 14.3 Å². The molecule has 6 nitrogen and oxygen atoms in total. The molecule has 28 heavy (non-hydrogen) atoms. The number of rotatable bonds is 8. The molecule has 0 aliphatic heterocycles. The van der Waals surface area contributed by atoms with Crippen LogP contribution in [0.2, 0.25) is 0 Å². The molecule has 2 heterocycles. The van der Waals surface area contributed by atoms with Gasteiger partial charge in [0, 0.05) is 25.4 Å². The smallest absolute Gasteiger partial charge is 0.258 e. The van der Waals surface area contributed by atoms with E-state index in [2.05, 4.69) is 16.8 Å². The summed E-state index contributed by atoms with van der Waals surface area (Å²) in [6.45, 7) is 6.37. The molecule has 0 aliphatic rings. The van der Waals surface area contributed by atoms with E-state index in [-0.39, 0.29) is 5.56 Å². The lowest BCUT2D eigenvalue weighted by Gasteiger charge is -2.22. The SMILES string of the molecule is CCCN(Cc1ccc(OC)c(OC)c1)Cc1cc(=O)n2cc(C)ccc2n1. The Hall–Kier alpha value is -2.86. The van der Waals surface area contributed by atoms with Crippen LogP contribution >= 0.6 is 0 Å². The molecule has 0 radical (unpaired) electrons. The largest absolute Gasteiger partial charge is 0.493 e. The quantitative estimate of drug-likeness (QED) is 0.598. The second-order valence-corrected chi connectivity index (χ2v) is 6.92. The number of hydrogen-bond donors (Lipinski definition) is 0. The highest BCUT2D eigenvalue weighted by molar-refractivity contribution is 5.43. The number of methoxy groups -OCH3 is 2. The predicted octanol–water partition coefficient (Wildman–Crippen LogP) is 3.43. The molecule has 0 fully saturated rings. The minimum atomic E-state index is -0.0498. The topological polar surface area (TPSA) is 56.1 Å². The van der Waals surface area contributed by atoms with Gasteiger partial charge in [0.05, 0.1) is 19.9 Å². The van der Waals surface area contributed by atoms with E-state index in [1.807, 2.05) is 43.5 Å². The van der Waals surface area contributed by atoms with Crippen LogP contribution in [0, 0.1) is 6.92 Å². The average Bonchev–Trinajstić information content (AvgIpc) is 2.68. The summed E-state index contributed by atoms with van der Waals surface area (Å²) < 4.78 is 12.3. The standard InChI is InChI=1S/C22H27N3O3/c1-5-10-24(14-17-7-8-19(27-3)20(11-17)28-4)15-18-12-22(26)25-13-16(2)6-9-21(25)23-18/h6-9,11-13H,5,10,14-15H2,1-4H3. The molecule has 0 aliphatic carbocycles. The lowest BCUT2D eigenvalue weighted by molar-refractivity contribution is 0.253.